The molecule has 5 nitrogen and oxygen atoms in total. The molecule has 1 aromatic rings. The summed E-state index contributed by atoms with van der Waals surface area (Å²) in [5, 5.41) is 0. The summed E-state index contributed by atoms with van der Waals surface area (Å²) in [6.45, 7) is -0.912. The van der Waals surface area contributed by atoms with E-state index in [0.29, 0.717) is 24.2 Å². The Hall–Kier alpha value is -1.15. The Morgan fingerprint density at radius 2 is 2.00 bits per heavy atom. The molecular weight excluding hydrogens is 372 g/mol. The van der Waals surface area contributed by atoms with Crippen molar-refractivity contribution >= 4 is 27.4 Å². The van der Waals surface area contributed by atoms with Gasteiger partial charge in [-0.15, -0.1) is 0 Å². The summed E-state index contributed by atoms with van der Waals surface area (Å²) in [5.74, 6) is 0.756. The Kier molecular flexibility index (Phi) is 6.02. The van der Waals surface area contributed by atoms with Crippen LogP contribution in [0.1, 0.15) is 31.4 Å². The number of hydrogen-bond donors (Lipinski definition) is 0. The highest BCUT2D eigenvalue weighted by Crippen LogP contribution is 2.34. The van der Waals surface area contributed by atoms with E-state index in [2.05, 4.69) is 25.7 Å². The van der Waals surface area contributed by atoms with Gasteiger partial charge in [0.05, 0.1) is 10.6 Å². The minimum atomic E-state index is -2.70. The van der Waals surface area contributed by atoms with Crippen LogP contribution >= 0.6 is 15.9 Å². The van der Waals surface area contributed by atoms with Crippen LogP contribution in [0.15, 0.2) is 10.5 Å². The van der Waals surface area contributed by atoms with Crippen LogP contribution in [0.25, 0.3) is 0 Å². The summed E-state index contributed by atoms with van der Waals surface area (Å²) < 4.78 is 30.6. The number of nitroso groups, excluding NO2 is 1. The van der Waals surface area contributed by atoms with Gasteiger partial charge in [-0.1, -0.05) is 0 Å². The Morgan fingerprint density at radius 3 is 2.52 bits per heavy atom. The van der Waals surface area contributed by atoms with Crippen LogP contribution in [0.3, 0.4) is 0 Å². The van der Waals surface area contributed by atoms with Gasteiger partial charge in [0.2, 0.25) is 0 Å². The second-order valence-electron chi connectivity index (χ2n) is 5.83. The molecule has 0 amide bonds. The van der Waals surface area contributed by atoms with Crippen LogP contribution in [0.2, 0.25) is 0 Å². The number of alkyl halides is 2. The van der Waals surface area contributed by atoms with Crippen molar-refractivity contribution in [3.8, 4) is 0 Å². The van der Waals surface area contributed by atoms with Gasteiger partial charge in [-0.3, -0.25) is 0 Å². The third kappa shape index (κ3) is 4.44. The molecular formula is C15H21BrF2N3O2+. The van der Waals surface area contributed by atoms with Crippen molar-refractivity contribution in [1.29, 1.82) is 0 Å². The van der Waals surface area contributed by atoms with E-state index < -0.39 is 6.61 Å². The molecule has 0 atom stereocenters. The highest BCUT2D eigenvalue weighted by atomic mass is 79.9. The van der Waals surface area contributed by atoms with E-state index in [9.17, 15) is 13.7 Å². The van der Waals surface area contributed by atoms with Crippen LogP contribution < -0.4 is 4.90 Å². The van der Waals surface area contributed by atoms with E-state index in [0.717, 1.165) is 27.9 Å². The molecule has 0 saturated heterocycles. The van der Waals surface area contributed by atoms with Crippen LogP contribution in [0.5, 0.6) is 0 Å². The van der Waals surface area contributed by atoms with E-state index in [4.69, 9.17) is 0 Å². The molecule has 0 spiro atoms. The Labute approximate surface area is 142 Å². The summed E-state index contributed by atoms with van der Waals surface area (Å²) in [6, 6.07) is 1.97. The fourth-order valence-corrected chi connectivity index (χ4v) is 3.60. The van der Waals surface area contributed by atoms with E-state index >= 15 is 0 Å². The van der Waals surface area contributed by atoms with Gasteiger partial charge < -0.3 is 9.64 Å². The van der Waals surface area contributed by atoms with E-state index in [-0.39, 0.29) is 12.1 Å². The van der Waals surface area contributed by atoms with Crippen molar-refractivity contribution < 1.29 is 18.3 Å². The van der Waals surface area contributed by atoms with Crippen molar-refractivity contribution in [1.82, 2.24) is 4.98 Å². The molecule has 8 heteroatoms. The number of pyridine rings is 1. The highest BCUT2D eigenvalue weighted by Gasteiger charge is 2.28. The first kappa shape index (κ1) is 18.2. The van der Waals surface area contributed by atoms with Crippen LogP contribution in [-0.2, 0) is 4.74 Å². The molecule has 0 aliphatic heterocycles. The number of halogens is 3. The van der Waals surface area contributed by atoms with Gasteiger partial charge in [-0.25, -0.2) is 4.98 Å². The Balaban J connectivity index is 2.08. The number of anilines is 1. The smallest absolute Gasteiger partial charge is 0.345 e. The fourth-order valence-electron chi connectivity index (χ4n) is 3.01. The zero-order valence-corrected chi connectivity index (χ0v) is 15.0. The van der Waals surface area contributed by atoms with Crippen LogP contribution in [0, 0.1) is 11.8 Å². The molecule has 0 N–H and O–H groups in total. The lowest BCUT2D eigenvalue weighted by Crippen LogP contribution is -2.38. The molecule has 1 aliphatic carbocycles. The molecule has 1 aromatic heterocycles. The van der Waals surface area contributed by atoms with Crippen LogP contribution in [-0.4, -0.2) is 42.6 Å². The molecule has 1 fully saturated rings. The average Bonchev–Trinajstić information content (AvgIpc) is 2.48. The Bertz CT molecular complexity index is 578. The summed E-state index contributed by atoms with van der Waals surface area (Å²) in [7, 11) is 3.37. The third-order valence-corrected chi connectivity index (χ3v) is 4.87. The van der Waals surface area contributed by atoms with Crippen molar-refractivity contribution in [2.24, 2.45) is 0 Å². The van der Waals surface area contributed by atoms with Gasteiger partial charge in [-0.05, 0) is 48.5 Å². The largest absolute Gasteiger partial charge is 0.356 e. The van der Waals surface area contributed by atoms with Gasteiger partial charge in [0, 0.05) is 28.8 Å². The lowest BCUT2D eigenvalue weighted by molar-refractivity contribution is -0.429. The number of ether oxygens (including phenoxy) is 1. The van der Waals surface area contributed by atoms with Crippen molar-refractivity contribution in [3.63, 3.8) is 0 Å². The number of hydrogen-bond acceptors (Lipinski definition) is 4. The van der Waals surface area contributed by atoms with Gasteiger partial charge in [0.1, 0.15) is 11.5 Å². The molecule has 23 heavy (non-hydrogen) atoms. The predicted molar refractivity (Wildman–Crippen MR) is 87.4 cm³/mol. The second kappa shape index (κ2) is 7.61. The maximum Gasteiger partial charge on any atom is 0.345 e. The molecule has 2 rings (SSSR count). The average molecular weight is 393 g/mol. The van der Waals surface area contributed by atoms with Crippen molar-refractivity contribution in [2.75, 3.05) is 19.0 Å². The molecule has 0 radical (unpaired) electrons. The molecule has 0 aromatic carbocycles. The number of aryl methyl sites for hydroxylation is 1. The standard InChI is InChI=1S/C15H21BrF2N3O2/c1-9-13(21(3)22)8-12(16)14(19-9)20(2)10-4-6-11(7-5-10)23-15(17)18/h8,10-11,15H,4-7H2,1-3H3/q+1. The SMILES string of the molecule is Cc1nc(N(C)C2CCC(OC(F)F)CC2)c(Br)cc1[N+](C)=O. The maximum absolute atomic E-state index is 12.3. The maximum atomic E-state index is 12.3. The van der Waals surface area contributed by atoms with E-state index in [1.165, 1.54) is 7.05 Å². The molecule has 1 aliphatic rings. The minimum Gasteiger partial charge on any atom is -0.356 e. The topological polar surface area (TPSA) is 45.4 Å². The normalized spacial score (nSPS) is 21.5. The highest BCUT2D eigenvalue weighted by molar-refractivity contribution is 9.10. The van der Waals surface area contributed by atoms with Gasteiger partial charge in [-0.2, -0.15) is 8.78 Å². The monoisotopic (exact) mass is 392 g/mol. The summed E-state index contributed by atoms with van der Waals surface area (Å²) in [4.78, 5) is 18.1. The first-order chi connectivity index (χ1) is 10.8. The first-order valence-corrected chi connectivity index (χ1v) is 8.33. The quantitative estimate of drug-likeness (QED) is 0.705. The van der Waals surface area contributed by atoms with Crippen molar-refractivity contribution in [2.45, 2.75) is 51.4 Å². The second-order valence-corrected chi connectivity index (χ2v) is 6.69. The van der Waals surface area contributed by atoms with Crippen LogP contribution in [0.4, 0.5) is 20.3 Å². The molecule has 0 bridgehead atoms. The molecule has 0 unspecified atom stereocenters. The zero-order chi connectivity index (χ0) is 17.1. The first-order valence-electron chi connectivity index (χ1n) is 7.54. The zero-order valence-electron chi connectivity index (χ0n) is 13.4. The lowest BCUT2D eigenvalue weighted by Gasteiger charge is -2.35. The Morgan fingerprint density at radius 1 is 1.39 bits per heavy atom. The molecule has 1 heterocycles. The van der Waals surface area contributed by atoms with Gasteiger partial charge >= 0.3 is 6.61 Å². The summed E-state index contributed by atoms with van der Waals surface area (Å²) in [6.07, 6.45) is 2.39. The van der Waals surface area contributed by atoms with Gasteiger partial charge in [0.25, 0.3) is 5.69 Å². The third-order valence-electron chi connectivity index (χ3n) is 4.28. The number of aromatic nitrogens is 1. The number of nitrogens with zero attached hydrogens (tertiary/aromatic N) is 3. The van der Waals surface area contributed by atoms with E-state index in [1.807, 2.05) is 11.9 Å². The molecule has 128 valence electrons. The summed E-state index contributed by atoms with van der Waals surface area (Å²) in [5.41, 5.74) is 1.17. The lowest BCUT2D eigenvalue weighted by atomic mass is 9.92. The van der Waals surface area contributed by atoms with Gasteiger partial charge in [0.15, 0.2) is 7.05 Å². The summed E-state index contributed by atoms with van der Waals surface area (Å²) >= 11 is 3.47. The van der Waals surface area contributed by atoms with Crippen molar-refractivity contribution in [3.05, 3.63) is 21.1 Å². The van der Waals surface area contributed by atoms with E-state index in [1.54, 1.807) is 13.0 Å². The predicted octanol–water partition coefficient (Wildman–Crippen LogP) is 4.18. The molecule has 1 saturated carbocycles. The number of rotatable bonds is 5. The minimum absolute atomic E-state index is 0.214. The fraction of sp³-hybridized carbons (Fsp3) is 0.667.